The number of carbonyl (C=O) groups is 1. The van der Waals surface area contributed by atoms with E-state index in [0.717, 1.165) is 15.7 Å². The lowest BCUT2D eigenvalue weighted by molar-refractivity contribution is 0.102. The van der Waals surface area contributed by atoms with Crippen molar-refractivity contribution in [3.05, 3.63) is 57.2 Å². The van der Waals surface area contributed by atoms with E-state index in [1.807, 2.05) is 6.07 Å². The highest BCUT2D eigenvalue weighted by Gasteiger charge is 2.16. The van der Waals surface area contributed by atoms with Crippen LogP contribution in [0.2, 0.25) is 0 Å². The summed E-state index contributed by atoms with van der Waals surface area (Å²) in [5, 5.41) is 2.49. The highest BCUT2D eigenvalue weighted by molar-refractivity contribution is 14.1. The Morgan fingerprint density at radius 3 is 2.63 bits per heavy atom. The largest absolute Gasteiger partial charge is 0.396 e. The van der Waals surface area contributed by atoms with E-state index in [1.165, 1.54) is 0 Å². The van der Waals surface area contributed by atoms with Crippen LogP contribution in [0.1, 0.15) is 10.4 Å². The number of benzene rings is 2. The first-order chi connectivity index (χ1) is 8.97. The van der Waals surface area contributed by atoms with Crippen LogP contribution < -0.4 is 11.1 Å². The van der Waals surface area contributed by atoms with E-state index in [4.69, 9.17) is 5.73 Å². The van der Waals surface area contributed by atoms with Crippen LogP contribution in [0, 0.1) is 15.2 Å². The van der Waals surface area contributed by atoms with Crippen LogP contribution in [0.3, 0.4) is 0 Å². The molecule has 98 valence electrons. The van der Waals surface area contributed by atoms with Crippen LogP contribution in [0.15, 0.2) is 36.4 Å². The van der Waals surface area contributed by atoms with Gasteiger partial charge in [0.15, 0.2) is 5.82 Å². The summed E-state index contributed by atoms with van der Waals surface area (Å²) >= 11 is 2.08. The van der Waals surface area contributed by atoms with Crippen molar-refractivity contribution in [1.29, 1.82) is 0 Å². The van der Waals surface area contributed by atoms with Crippen molar-refractivity contribution in [2.45, 2.75) is 0 Å². The Kier molecular flexibility index (Phi) is 3.98. The third-order valence-corrected chi connectivity index (χ3v) is 3.06. The van der Waals surface area contributed by atoms with Crippen molar-refractivity contribution in [2.24, 2.45) is 0 Å². The molecule has 6 heteroatoms. The fourth-order valence-electron chi connectivity index (χ4n) is 1.54. The molecule has 2 aromatic carbocycles. The van der Waals surface area contributed by atoms with Gasteiger partial charge in [-0.1, -0.05) is 6.07 Å². The van der Waals surface area contributed by atoms with Crippen molar-refractivity contribution in [2.75, 3.05) is 11.1 Å². The molecule has 0 spiro atoms. The Balaban J connectivity index is 2.30. The smallest absolute Gasteiger partial charge is 0.258 e. The molecule has 0 bridgehead atoms. The maximum Gasteiger partial charge on any atom is 0.258 e. The molecule has 0 aromatic heterocycles. The van der Waals surface area contributed by atoms with E-state index in [2.05, 4.69) is 27.9 Å². The molecular formula is C13H9F2IN2O. The first-order valence-electron chi connectivity index (χ1n) is 5.29. The molecule has 0 aliphatic rings. The number of rotatable bonds is 2. The van der Waals surface area contributed by atoms with Crippen molar-refractivity contribution in [1.82, 2.24) is 0 Å². The molecule has 1 amide bonds. The minimum Gasteiger partial charge on any atom is -0.396 e. The molecule has 2 aromatic rings. The molecule has 0 saturated carbocycles. The Morgan fingerprint density at radius 2 is 1.95 bits per heavy atom. The van der Waals surface area contributed by atoms with E-state index in [0.29, 0.717) is 5.69 Å². The minimum atomic E-state index is -0.926. The molecule has 0 aliphatic heterocycles. The highest BCUT2D eigenvalue weighted by atomic mass is 127. The summed E-state index contributed by atoms with van der Waals surface area (Å²) in [6.45, 7) is 0. The van der Waals surface area contributed by atoms with Crippen LogP contribution in [-0.4, -0.2) is 5.91 Å². The molecule has 0 atom stereocenters. The Hall–Kier alpha value is -1.70. The van der Waals surface area contributed by atoms with Crippen molar-refractivity contribution in [3.63, 3.8) is 0 Å². The van der Waals surface area contributed by atoms with Gasteiger partial charge in [-0.25, -0.2) is 8.78 Å². The summed E-state index contributed by atoms with van der Waals surface area (Å²) in [6, 6.07) is 8.59. The lowest BCUT2D eigenvalue weighted by Crippen LogP contribution is -2.15. The molecule has 0 aliphatic carbocycles. The average molecular weight is 374 g/mol. The summed E-state index contributed by atoms with van der Waals surface area (Å²) in [7, 11) is 0. The maximum atomic E-state index is 13.7. The highest BCUT2D eigenvalue weighted by Crippen LogP contribution is 2.19. The first kappa shape index (κ1) is 13.7. The van der Waals surface area contributed by atoms with Gasteiger partial charge in [0.1, 0.15) is 5.82 Å². The number of nitrogens with two attached hydrogens (primary N) is 1. The second kappa shape index (κ2) is 5.52. The predicted molar refractivity (Wildman–Crippen MR) is 77.9 cm³/mol. The summed E-state index contributed by atoms with van der Waals surface area (Å²) in [5.41, 5.74) is 4.96. The van der Waals surface area contributed by atoms with Gasteiger partial charge in [0, 0.05) is 9.26 Å². The summed E-state index contributed by atoms with van der Waals surface area (Å²) in [6.07, 6.45) is 0. The second-order valence-corrected chi connectivity index (χ2v) is 5.07. The topological polar surface area (TPSA) is 55.1 Å². The molecule has 2 rings (SSSR count). The Bertz CT molecular complexity index is 647. The molecular weight excluding hydrogens is 365 g/mol. The zero-order chi connectivity index (χ0) is 14.0. The zero-order valence-corrected chi connectivity index (χ0v) is 11.7. The van der Waals surface area contributed by atoms with Crippen LogP contribution in [0.25, 0.3) is 0 Å². The van der Waals surface area contributed by atoms with Gasteiger partial charge in [-0.15, -0.1) is 0 Å². The number of nitrogen functional groups attached to an aromatic ring is 1. The van der Waals surface area contributed by atoms with E-state index < -0.39 is 28.8 Å². The third kappa shape index (κ3) is 3.19. The third-order valence-electron chi connectivity index (χ3n) is 2.39. The quantitative estimate of drug-likeness (QED) is 0.626. The summed E-state index contributed by atoms with van der Waals surface area (Å²) < 4.78 is 27.7. The van der Waals surface area contributed by atoms with E-state index >= 15 is 0 Å². The van der Waals surface area contributed by atoms with Crippen LogP contribution >= 0.6 is 22.6 Å². The van der Waals surface area contributed by atoms with E-state index in [-0.39, 0.29) is 0 Å². The normalized spacial score (nSPS) is 10.3. The number of amides is 1. The van der Waals surface area contributed by atoms with Crippen LogP contribution in [-0.2, 0) is 0 Å². The average Bonchev–Trinajstić information content (AvgIpc) is 2.33. The van der Waals surface area contributed by atoms with Gasteiger partial charge in [0.25, 0.3) is 5.91 Å². The van der Waals surface area contributed by atoms with Gasteiger partial charge in [-0.2, -0.15) is 0 Å². The summed E-state index contributed by atoms with van der Waals surface area (Å²) in [5.74, 6) is -2.43. The Labute approximate surface area is 121 Å². The lowest BCUT2D eigenvalue weighted by atomic mass is 10.1. The van der Waals surface area contributed by atoms with Gasteiger partial charge in [-0.3, -0.25) is 4.79 Å². The van der Waals surface area contributed by atoms with Crippen molar-refractivity contribution >= 4 is 39.9 Å². The standard InChI is InChI=1S/C13H9F2IN2O/c14-7-4-10(12(15)11(17)5-7)13(19)18-9-3-1-2-8(16)6-9/h1-6H,17H2,(H,18,19). The molecule has 0 unspecified atom stereocenters. The van der Waals surface area contributed by atoms with Gasteiger partial charge in [-0.05, 0) is 52.9 Å². The number of halogens is 3. The van der Waals surface area contributed by atoms with E-state index in [1.54, 1.807) is 18.2 Å². The minimum absolute atomic E-state index is 0.396. The molecule has 0 heterocycles. The van der Waals surface area contributed by atoms with Gasteiger partial charge in [0.05, 0.1) is 11.3 Å². The monoisotopic (exact) mass is 374 g/mol. The molecule has 19 heavy (non-hydrogen) atoms. The molecule has 0 fully saturated rings. The molecule has 3 nitrogen and oxygen atoms in total. The van der Waals surface area contributed by atoms with Crippen LogP contribution in [0.5, 0.6) is 0 Å². The number of nitrogens with one attached hydrogen (secondary N) is 1. The number of hydrogen-bond donors (Lipinski definition) is 2. The second-order valence-electron chi connectivity index (χ2n) is 3.82. The summed E-state index contributed by atoms with van der Waals surface area (Å²) in [4.78, 5) is 11.9. The van der Waals surface area contributed by atoms with Crippen molar-refractivity contribution in [3.8, 4) is 0 Å². The number of carbonyl (C=O) groups excluding carboxylic acids is 1. The fraction of sp³-hybridized carbons (Fsp3) is 0. The Morgan fingerprint density at radius 1 is 1.21 bits per heavy atom. The molecule has 0 radical (unpaired) electrons. The lowest BCUT2D eigenvalue weighted by Gasteiger charge is -2.08. The molecule has 0 saturated heterocycles. The first-order valence-corrected chi connectivity index (χ1v) is 6.36. The maximum absolute atomic E-state index is 13.7. The van der Waals surface area contributed by atoms with Gasteiger partial charge >= 0.3 is 0 Å². The predicted octanol–water partition coefficient (Wildman–Crippen LogP) is 3.40. The van der Waals surface area contributed by atoms with Gasteiger partial charge in [0.2, 0.25) is 0 Å². The number of anilines is 2. The van der Waals surface area contributed by atoms with Gasteiger partial charge < -0.3 is 11.1 Å². The number of hydrogen-bond acceptors (Lipinski definition) is 2. The van der Waals surface area contributed by atoms with Crippen LogP contribution in [0.4, 0.5) is 20.2 Å². The zero-order valence-electron chi connectivity index (χ0n) is 9.58. The van der Waals surface area contributed by atoms with Crippen molar-refractivity contribution < 1.29 is 13.6 Å². The van der Waals surface area contributed by atoms with E-state index in [9.17, 15) is 13.6 Å². The molecule has 3 N–H and O–H groups in total. The fourth-order valence-corrected chi connectivity index (χ4v) is 2.08. The SMILES string of the molecule is Nc1cc(F)cc(C(=O)Nc2cccc(I)c2)c1F.